The molecular weight excluding hydrogens is 732 g/mol. The number of phenolic OH excluding ortho intramolecular Hbond substituents is 1. The number of guanidine groups is 1. The number of fused-ring (bicyclic) bond motifs is 2. The summed E-state index contributed by atoms with van der Waals surface area (Å²) in [5, 5.41) is 64.0. The number of aliphatic imine (C=N–C) groups is 1. The number of aromatic hydroxyl groups is 1. The molecule has 19 nitrogen and oxygen atoms in total. The minimum atomic E-state index is -2.43. The Hall–Kier alpha value is -5.83. The zero-order chi connectivity index (χ0) is 39.9. The van der Waals surface area contributed by atoms with Crippen LogP contribution in [-0.4, -0.2) is 110 Å². The first-order valence-corrected chi connectivity index (χ1v) is 18.0. The molecular formula is C37H42N8O11. The lowest BCUT2D eigenvalue weighted by Crippen LogP contribution is -2.77. The fourth-order valence-electron chi connectivity index (χ4n) is 7.90. The van der Waals surface area contributed by atoms with Crippen LogP contribution in [0, 0.1) is 0 Å². The lowest BCUT2D eigenvalue weighted by molar-refractivity contribution is -0.223. The highest BCUT2D eigenvalue weighted by molar-refractivity contribution is 6.09. The van der Waals surface area contributed by atoms with Crippen molar-refractivity contribution in [3.8, 4) is 28.2 Å². The summed E-state index contributed by atoms with van der Waals surface area (Å²) in [4.78, 5) is 55.7. The normalized spacial score (nSPS) is 23.7. The van der Waals surface area contributed by atoms with Crippen molar-refractivity contribution in [2.75, 3.05) is 19.7 Å². The average molecular weight is 775 g/mol. The first kappa shape index (κ1) is 38.4. The Morgan fingerprint density at radius 1 is 1.00 bits per heavy atom. The molecule has 4 aliphatic heterocycles. The highest BCUT2D eigenvalue weighted by Crippen LogP contribution is 2.46. The number of carboxylic acid groups (broad SMARTS) is 1. The second-order valence-corrected chi connectivity index (χ2v) is 14.0. The number of carbonyl (C=O) groups excluding carboxylic acids is 2. The van der Waals surface area contributed by atoms with Crippen LogP contribution >= 0.6 is 0 Å². The number of phenols is 1. The molecule has 296 valence electrons. The number of aromatic carboxylic acids is 1. The average Bonchev–Trinajstić information content (AvgIpc) is 3.61. The molecule has 0 bridgehead atoms. The molecule has 1 spiro atoms. The maximum Gasteiger partial charge on any atom is 0.407 e. The van der Waals surface area contributed by atoms with Crippen molar-refractivity contribution in [2.45, 2.75) is 68.2 Å². The Bertz CT molecular complexity index is 2250. The van der Waals surface area contributed by atoms with Gasteiger partial charge in [0.15, 0.2) is 17.1 Å². The van der Waals surface area contributed by atoms with Gasteiger partial charge >= 0.3 is 12.1 Å². The number of benzene rings is 3. The predicted octanol–water partition coefficient (Wildman–Crippen LogP) is -0.113. The van der Waals surface area contributed by atoms with E-state index in [-0.39, 0.29) is 51.8 Å². The number of amides is 2. The summed E-state index contributed by atoms with van der Waals surface area (Å²) in [5.74, 6) is -4.12. The third-order valence-electron chi connectivity index (χ3n) is 10.4. The van der Waals surface area contributed by atoms with Crippen LogP contribution < -0.4 is 38.2 Å². The molecule has 2 fully saturated rings. The Kier molecular flexibility index (Phi) is 10.3. The SMILES string of the molecule is NC1=N[C@@H](COC(=O)NCCCCCCNC(=O)c2ccc(C(=O)O)c(-c3c4ccc(=O)cc-4oc4cc(O)ccc34)c2)[C@@H]2NC(N)N[C@]23N1[C@@H](O)CC3(O)O. The Morgan fingerprint density at radius 2 is 1.75 bits per heavy atom. The van der Waals surface area contributed by atoms with Crippen LogP contribution in [0.2, 0.25) is 0 Å². The summed E-state index contributed by atoms with van der Waals surface area (Å²) in [6.07, 6.45) is -0.676. The number of hydrogen-bond donors (Lipinski definition) is 11. The van der Waals surface area contributed by atoms with E-state index in [0.29, 0.717) is 42.4 Å². The highest BCUT2D eigenvalue weighted by atomic mass is 16.5. The fourth-order valence-corrected chi connectivity index (χ4v) is 7.90. The van der Waals surface area contributed by atoms with E-state index in [0.717, 1.165) is 12.8 Å². The molecule has 5 atom stereocenters. The van der Waals surface area contributed by atoms with Crippen LogP contribution in [0.5, 0.6) is 5.75 Å². The van der Waals surface area contributed by atoms with Gasteiger partial charge in [-0.2, -0.15) is 0 Å². The maximum atomic E-state index is 13.2. The number of nitrogens with two attached hydrogens (primary N) is 2. The predicted molar refractivity (Wildman–Crippen MR) is 199 cm³/mol. The molecule has 7 rings (SSSR count). The van der Waals surface area contributed by atoms with Gasteiger partial charge in [0.05, 0.1) is 18.0 Å². The van der Waals surface area contributed by atoms with E-state index >= 15 is 0 Å². The monoisotopic (exact) mass is 774 g/mol. The lowest BCUT2D eigenvalue weighted by atomic mass is 9.87. The fraction of sp³-hybridized carbons (Fsp3) is 0.378. The number of carboxylic acids is 1. The Morgan fingerprint density at radius 3 is 2.50 bits per heavy atom. The topological polar surface area (TPSA) is 308 Å². The van der Waals surface area contributed by atoms with E-state index in [4.69, 9.17) is 20.6 Å². The van der Waals surface area contributed by atoms with Gasteiger partial charge in [0, 0.05) is 47.3 Å². The molecule has 4 heterocycles. The number of ether oxygens (including phenoxy) is 1. The van der Waals surface area contributed by atoms with Crippen LogP contribution in [0.1, 0.15) is 52.8 Å². The van der Waals surface area contributed by atoms with Crippen molar-refractivity contribution >= 4 is 34.9 Å². The number of alkyl carbamates (subject to hydrolysis) is 1. The van der Waals surface area contributed by atoms with Gasteiger partial charge in [-0.3, -0.25) is 25.1 Å². The Balaban J connectivity index is 0.896. The lowest BCUT2D eigenvalue weighted by Gasteiger charge is -2.49. The molecule has 2 amide bonds. The van der Waals surface area contributed by atoms with E-state index in [1.165, 1.54) is 53.4 Å². The van der Waals surface area contributed by atoms with Crippen molar-refractivity contribution in [2.24, 2.45) is 16.5 Å². The molecule has 19 heteroatoms. The maximum absolute atomic E-state index is 13.2. The minimum absolute atomic E-state index is 0.0684. The van der Waals surface area contributed by atoms with Crippen LogP contribution in [0.4, 0.5) is 4.79 Å². The summed E-state index contributed by atoms with van der Waals surface area (Å²) in [7, 11) is 0. The molecule has 1 aliphatic carbocycles. The second kappa shape index (κ2) is 15.0. The molecule has 5 aliphatic rings. The quantitative estimate of drug-likeness (QED) is 0.0508. The number of hydrogen-bond acceptors (Lipinski definition) is 16. The van der Waals surface area contributed by atoms with E-state index in [1.807, 2.05) is 0 Å². The van der Waals surface area contributed by atoms with E-state index in [1.54, 1.807) is 6.07 Å². The largest absolute Gasteiger partial charge is 0.508 e. The molecule has 0 saturated carbocycles. The van der Waals surface area contributed by atoms with Gasteiger partial charge in [-0.15, -0.1) is 0 Å². The third-order valence-corrected chi connectivity index (χ3v) is 10.4. The van der Waals surface area contributed by atoms with E-state index in [2.05, 4.69) is 26.3 Å². The third kappa shape index (κ3) is 6.95. The van der Waals surface area contributed by atoms with Crippen molar-refractivity contribution in [3.63, 3.8) is 0 Å². The smallest absolute Gasteiger partial charge is 0.407 e. The summed E-state index contributed by atoms with van der Waals surface area (Å²) in [6, 6.07) is 11.1. The number of carbonyl (C=O) groups is 3. The first-order valence-electron chi connectivity index (χ1n) is 18.0. The minimum Gasteiger partial charge on any atom is -0.508 e. The van der Waals surface area contributed by atoms with E-state index in [9.17, 15) is 44.7 Å². The van der Waals surface area contributed by atoms with Gasteiger partial charge in [-0.1, -0.05) is 12.8 Å². The summed E-state index contributed by atoms with van der Waals surface area (Å²) >= 11 is 0. The summed E-state index contributed by atoms with van der Waals surface area (Å²) < 4.78 is 11.2. The molecule has 2 saturated heterocycles. The number of nitrogens with zero attached hydrogens (tertiary/aromatic N) is 2. The molecule has 0 aromatic heterocycles. The van der Waals surface area contributed by atoms with Gasteiger partial charge in [0.25, 0.3) is 5.91 Å². The molecule has 2 aromatic rings. The van der Waals surface area contributed by atoms with Crippen LogP contribution in [0.3, 0.4) is 0 Å². The summed E-state index contributed by atoms with van der Waals surface area (Å²) in [5.41, 5.74) is 11.6. The zero-order valence-corrected chi connectivity index (χ0v) is 29.9. The van der Waals surface area contributed by atoms with E-state index < -0.39 is 60.4 Å². The van der Waals surface area contributed by atoms with Gasteiger partial charge in [0.2, 0.25) is 5.79 Å². The first-order chi connectivity index (χ1) is 26.7. The molecule has 2 aromatic carbocycles. The van der Waals surface area contributed by atoms with Crippen LogP contribution in [-0.2, 0) is 4.74 Å². The van der Waals surface area contributed by atoms with Gasteiger partial charge in [-0.25, -0.2) is 14.6 Å². The zero-order valence-electron chi connectivity index (χ0n) is 29.9. The van der Waals surface area contributed by atoms with Crippen molar-refractivity contribution < 1.29 is 49.1 Å². The molecule has 56 heavy (non-hydrogen) atoms. The number of aliphatic hydroxyl groups excluding tert-OH is 1. The second-order valence-electron chi connectivity index (χ2n) is 14.0. The van der Waals surface area contributed by atoms with Gasteiger partial charge in [-0.05, 0) is 60.9 Å². The van der Waals surface area contributed by atoms with Gasteiger partial charge < -0.3 is 56.8 Å². The number of unbranched alkanes of at least 4 members (excludes halogenated alkanes) is 3. The molecule has 13 N–H and O–H groups in total. The highest BCUT2D eigenvalue weighted by Gasteiger charge is 2.72. The summed E-state index contributed by atoms with van der Waals surface area (Å²) in [6.45, 7) is 0.381. The van der Waals surface area contributed by atoms with Crippen LogP contribution in [0.25, 0.3) is 33.4 Å². The standard InChI is InChI=1S/C37H42N8O11/c38-33-43-30-25(42-34(39)45-28(48)16-36(53,54)37(30,45)44-33)17-55-35(52)41-12-4-2-1-3-11-40-31(49)18-5-8-21(32(50)51)24(13-18)29-22-9-6-19(46)14-26(22)56-27-15-20(47)7-10-23(27)29/h5-10,13-15,25,28,30,33,43-44,46,48,53-54H,1-4,11-12,16-17,38H2,(H2,39,42)(H,40,49)(H,41,52)(H,50,51)/t25-,28-,30-,33?,37-/m0/s1. The van der Waals surface area contributed by atoms with Crippen LogP contribution in [0.15, 0.2) is 68.8 Å². The number of nitrogens with one attached hydrogen (secondary N) is 4. The molecule has 1 unspecified atom stereocenters. The van der Waals surface area contributed by atoms with Crippen molar-refractivity contribution in [3.05, 3.63) is 75.9 Å². The van der Waals surface area contributed by atoms with Gasteiger partial charge in [0.1, 0.15) is 42.3 Å². The molecule has 0 radical (unpaired) electrons. The Labute approximate surface area is 318 Å². The number of rotatable bonds is 12. The van der Waals surface area contributed by atoms with Crippen molar-refractivity contribution in [1.29, 1.82) is 0 Å². The number of aliphatic hydroxyl groups is 3. The van der Waals surface area contributed by atoms with Crippen molar-refractivity contribution in [1.82, 2.24) is 26.2 Å².